The van der Waals surface area contributed by atoms with E-state index in [1.54, 1.807) is 0 Å². The van der Waals surface area contributed by atoms with Crippen molar-refractivity contribution in [3.8, 4) is 5.75 Å². The molecular formula is C13H17N3O. The number of nitrogen functional groups attached to an aromatic ring is 1. The molecule has 1 heterocycles. The van der Waals surface area contributed by atoms with Crippen LogP contribution in [0.4, 0.5) is 5.69 Å². The second-order valence-electron chi connectivity index (χ2n) is 3.81. The Bertz CT molecular complexity index is 479. The van der Waals surface area contributed by atoms with E-state index in [1.165, 1.54) is 0 Å². The van der Waals surface area contributed by atoms with Crippen LogP contribution in [-0.2, 0) is 13.0 Å². The molecule has 90 valence electrons. The highest BCUT2D eigenvalue weighted by Crippen LogP contribution is 2.14. The highest BCUT2D eigenvalue weighted by atomic mass is 16.5. The first-order valence-corrected chi connectivity index (χ1v) is 5.78. The molecule has 0 spiro atoms. The summed E-state index contributed by atoms with van der Waals surface area (Å²) in [6, 6.07) is 7.47. The molecule has 0 aliphatic heterocycles. The molecule has 2 N–H and O–H groups in total. The second-order valence-corrected chi connectivity index (χ2v) is 3.81. The molecule has 0 bridgehead atoms. The van der Waals surface area contributed by atoms with Crippen molar-refractivity contribution in [2.75, 3.05) is 12.3 Å². The molecule has 1 aromatic carbocycles. The Morgan fingerprint density at radius 3 is 3.06 bits per heavy atom. The molecule has 4 heteroatoms. The minimum atomic E-state index is 0.618. The quantitative estimate of drug-likeness (QED) is 0.802. The Balaban J connectivity index is 1.87. The first-order chi connectivity index (χ1) is 8.29. The van der Waals surface area contributed by atoms with Crippen LogP contribution in [0, 0.1) is 0 Å². The molecule has 1 aromatic heterocycles. The predicted octanol–water partition coefficient (Wildman–Crippen LogP) is 2.11. The van der Waals surface area contributed by atoms with Gasteiger partial charge in [0.2, 0.25) is 0 Å². The Kier molecular flexibility index (Phi) is 3.65. The summed E-state index contributed by atoms with van der Waals surface area (Å²) in [6.45, 7) is 3.52. The Morgan fingerprint density at radius 1 is 1.41 bits per heavy atom. The van der Waals surface area contributed by atoms with Crippen LogP contribution >= 0.6 is 0 Å². The number of benzene rings is 1. The number of hydrogen-bond acceptors (Lipinski definition) is 3. The average molecular weight is 231 g/mol. The number of ether oxygens (including phenoxy) is 1. The van der Waals surface area contributed by atoms with Gasteiger partial charge in [-0.2, -0.15) is 0 Å². The molecule has 4 nitrogen and oxygen atoms in total. The summed E-state index contributed by atoms with van der Waals surface area (Å²) in [4.78, 5) is 4.26. The maximum Gasteiger partial charge on any atom is 0.121 e. The van der Waals surface area contributed by atoms with Gasteiger partial charge in [0.1, 0.15) is 18.2 Å². The van der Waals surface area contributed by atoms with Crippen molar-refractivity contribution in [2.45, 2.75) is 19.9 Å². The summed E-state index contributed by atoms with van der Waals surface area (Å²) in [5, 5.41) is 0. The van der Waals surface area contributed by atoms with Gasteiger partial charge in [0.15, 0.2) is 0 Å². The van der Waals surface area contributed by atoms with E-state index < -0.39 is 0 Å². The van der Waals surface area contributed by atoms with E-state index >= 15 is 0 Å². The molecule has 0 radical (unpaired) electrons. The largest absolute Gasteiger partial charge is 0.492 e. The fourth-order valence-electron chi connectivity index (χ4n) is 1.72. The number of aryl methyl sites for hydroxylation is 1. The van der Waals surface area contributed by atoms with Crippen molar-refractivity contribution in [3.05, 3.63) is 42.5 Å². The van der Waals surface area contributed by atoms with E-state index in [-0.39, 0.29) is 0 Å². The van der Waals surface area contributed by atoms with Crippen LogP contribution in [0.5, 0.6) is 5.75 Å². The third-order valence-electron chi connectivity index (χ3n) is 2.58. The Morgan fingerprint density at radius 2 is 2.29 bits per heavy atom. The fourth-order valence-corrected chi connectivity index (χ4v) is 1.72. The van der Waals surface area contributed by atoms with Gasteiger partial charge in [-0.25, -0.2) is 4.98 Å². The van der Waals surface area contributed by atoms with Gasteiger partial charge in [-0.05, 0) is 12.1 Å². The van der Waals surface area contributed by atoms with Crippen LogP contribution in [0.15, 0.2) is 36.7 Å². The molecule has 0 aliphatic carbocycles. The summed E-state index contributed by atoms with van der Waals surface area (Å²) in [7, 11) is 0. The standard InChI is InChI=1S/C13H17N3O/c1-2-13-15-6-7-16(13)8-9-17-12-5-3-4-11(14)10-12/h3-7,10H,2,8-9,14H2,1H3. The van der Waals surface area contributed by atoms with Crippen molar-refractivity contribution in [1.82, 2.24) is 9.55 Å². The zero-order chi connectivity index (χ0) is 12.1. The summed E-state index contributed by atoms with van der Waals surface area (Å²) in [6.07, 6.45) is 4.73. The molecule has 2 rings (SSSR count). The highest BCUT2D eigenvalue weighted by Gasteiger charge is 2.00. The number of anilines is 1. The first-order valence-electron chi connectivity index (χ1n) is 5.78. The number of nitrogens with two attached hydrogens (primary N) is 1. The number of aromatic nitrogens is 2. The van der Waals surface area contributed by atoms with Crippen molar-refractivity contribution >= 4 is 5.69 Å². The van der Waals surface area contributed by atoms with E-state index in [0.717, 1.165) is 30.2 Å². The topological polar surface area (TPSA) is 53.1 Å². The Labute approximate surface area is 101 Å². The van der Waals surface area contributed by atoms with E-state index in [0.29, 0.717) is 6.61 Å². The number of imidazole rings is 1. The zero-order valence-electron chi connectivity index (χ0n) is 9.97. The molecule has 0 amide bonds. The van der Waals surface area contributed by atoms with Crippen LogP contribution in [-0.4, -0.2) is 16.2 Å². The molecule has 0 aliphatic rings. The van der Waals surface area contributed by atoms with Gasteiger partial charge >= 0.3 is 0 Å². The van der Waals surface area contributed by atoms with Gasteiger partial charge in [-0.3, -0.25) is 0 Å². The molecule has 2 aromatic rings. The van der Waals surface area contributed by atoms with Gasteiger partial charge in [0.25, 0.3) is 0 Å². The SMILES string of the molecule is CCc1nccn1CCOc1cccc(N)c1. The molecule has 0 saturated heterocycles. The normalized spacial score (nSPS) is 10.4. The fraction of sp³-hybridized carbons (Fsp3) is 0.308. The van der Waals surface area contributed by atoms with Crippen molar-refractivity contribution < 1.29 is 4.74 Å². The van der Waals surface area contributed by atoms with E-state index in [2.05, 4.69) is 16.5 Å². The number of rotatable bonds is 5. The van der Waals surface area contributed by atoms with Crippen LogP contribution in [0.3, 0.4) is 0 Å². The predicted molar refractivity (Wildman–Crippen MR) is 68.0 cm³/mol. The van der Waals surface area contributed by atoms with Crippen molar-refractivity contribution in [1.29, 1.82) is 0 Å². The van der Waals surface area contributed by atoms with Gasteiger partial charge in [-0.1, -0.05) is 13.0 Å². The van der Waals surface area contributed by atoms with Crippen LogP contribution < -0.4 is 10.5 Å². The zero-order valence-corrected chi connectivity index (χ0v) is 9.97. The van der Waals surface area contributed by atoms with E-state index in [9.17, 15) is 0 Å². The van der Waals surface area contributed by atoms with Crippen molar-refractivity contribution in [3.63, 3.8) is 0 Å². The average Bonchev–Trinajstić information content (AvgIpc) is 2.77. The maximum absolute atomic E-state index is 5.68. The maximum atomic E-state index is 5.68. The summed E-state index contributed by atoms with van der Waals surface area (Å²) in [5.41, 5.74) is 6.40. The molecular weight excluding hydrogens is 214 g/mol. The lowest BCUT2D eigenvalue weighted by atomic mass is 10.3. The third kappa shape index (κ3) is 3.00. The Hall–Kier alpha value is -1.97. The van der Waals surface area contributed by atoms with Crippen LogP contribution in [0.2, 0.25) is 0 Å². The lowest BCUT2D eigenvalue weighted by Gasteiger charge is -2.09. The van der Waals surface area contributed by atoms with Gasteiger partial charge in [0.05, 0.1) is 6.54 Å². The number of hydrogen-bond donors (Lipinski definition) is 1. The smallest absolute Gasteiger partial charge is 0.121 e. The van der Waals surface area contributed by atoms with Gasteiger partial charge in [-0.15, -0.1) is 0 Å². The van der Waals surface area contributed by atoms with Crippen molar-refractivity contribution in [2.24, 2.45) is 0 Å². The molecule has 0 unspecified atom stereocenters. The summed E-state index contributed by atoms with van der Waals surface area (Å²) < 4.78 is 7.73. The molecule has 17 heavy (non-hydrogen) atoms. The third-order valence-corrected chi connectivity index (χ3v) is 2.58. The van der Waals surface area contributed by atoms with E-state index in [1.807, 2.05) is 36.7 Å². The summed E-state index contributed by atoms with van der Waals surface area (Å²) >= 11 is 0. The lowest BCUT2D eigenvalue weighted by Crippen LogP contribution is -2.10. The second kappa shape index (κ2) is 5.39. The monoisotopic (exact) mass is 231 g/mol. The minimum Gasteiger partial charge on any atom is -0.492 e. The van der Waals surface area contributed by atoms with E-state index in [4.69, 9.17) is 10.5 Å². The molecule has 0 atom stereocenters. The number of nitrogens with zero attached hydrogens (tertiary/aromatic N) is 2. The first kappa shape index (κ1) is 11.5. The summed E-state index contributed by atoms with van der Waals surface area (Å²) in [5.74, 6) is 1.89. The van der Waals surface area contributed by atoms with Crippen LogP contribution in [0.1, 0.15) is 12.7 Å². The van der Waals surface area contributed by atoms with Crippen LogP contribution in [0.25, 0.3) is 0 Å². The van der Waals surface area contributed by atoms with Gasteiger partial charge < -0.3 is 15.0 Å². The minimum absolute atomic E-state index is 0.618. The molecule has 0 saturated carbocycles. The van der Waals surface area contributed by atoms with Gasteiger partial charge in [0, 0.05) is 30.6 Å². The lowest BCUT2D eigenvalue weighted by molar-refractivity contribution is 0.296. The highest BCUT2D eigenvalue weighted by molar-refractivity contribution is 5.43. The molecule has 0 fully saturated rings.